The summed E-state index contributed by atoms with van der Waals surface area (Å²) in [7, 11) is 0. The molecule has 2 N–H and O–H groups in total. The summed E-state index contributed by atoms with van der Waals surface area (Å²) in [5.74, 6) is 0.0634. The number of piperidine rings is 1. The lowest BCUT2D eigenvalue weighted by Crippen LogP contribution is -2.39. The second-order valence-electron chi connectivity index (χ2n) is 6.25. The standard InChI is InChI=1S/C16H22N2O2.ClH/c1-12-2-3-14(19)13(10-12)15(20)18-9-6-16(11-18)4-7-17-8-5-16;/h2-3,10,17,19H,4-9,11H2,1H3;1H. The zero-order chi connectivity index (χ0) is 14.2. The van der Waals surface area contributed by atoms with Crippen molar-refractivity contribution < 1.29 is 9.90 Å². The molecule has 0 aromatic heterocycles. The zero-order valence-corrected chi connectivity index (χ0v) is 13.2. The molecule has 2 aliphatic heterocycles. The van der Waals surface area contributed by atoms with Gasteiger partial charge in [-0.15, -0.1) is 12.4 Å². The van der Waals surface area contributed by atoms with Crippen LogP contribution in [0.15, 0.2) is 18.2 Å². The van der Waals surface area contributed by atoms with Gasteiger partial charge in [0.25, 0.3) is 5.91 Å². The Morgan fingerprint density at radius 2 is 2.00 bits per heavy atom. The number of carbonyl (C=O) groups excluding carboxylic acids is 1. The van der Waals surface area contributed by atoms with Crippen molar-refractivity contribution in [2.45, 2.75) is 26.2 Å². The van der Waals surface area contributed by atoms with Gasteiger partial charge in [0.05, 0.1) is 5.56 Å². The summed E-state index contributed by atoms with van der Waals surface area (Å²) in [6.07, 6.45) is 3.39. The van der Waals surface area contributed by atoms with E-state index in [0.717, 1.165) is 51.0 Å². The Bertz CT molecular complexity index is 527. The molecule has 2 fully saturated rings. The summed E-state index contributed by atoms with van der Waals surface area (Å²) < 4.78 is 0. The molecule has 1 aromatic carbocycles. The molecule has 116 valence electrons. The molecular weight excluding hydrogens is 288 g/mol. The molecule has 0 saturated carbocycles. The summed E-state index contributed by atoms with van der Waals surface area (Å²) in [6, 6.07) is 5.22. The van der Waals surface area contributed by atoms with Gasteiger partial charge < -0.3 is 15.3 Å². The lowest BCUT2D eigenvalue weighted by Gasteiger charge is -2.33. The van der Waals surface area contributed by atoms with E-state index in [2.05, 4.69) is 5.32 Å². The molecular formula is C16H23ClN2O2. The van der Waals surface area contributed by atoms with E-state index in [1.54, 1.807) is 12.1 Å². The van der Waals surface area contributed by atoms with Crippen molar-refractivity contribution in [3.8, 4) is 5.75 Å². The van der Waals surface area contributed by atoms with Gasteiger partial charge in [0, 0.05) is 13.1 Å². The van der Waals surface area contributed by atoms with Gasteiger partial charge in [0.2, 0.25) is 0 Å². The lowest BCUT2D eigenvalue weighted by atomic mass is 9.78. The van der Waals surface area contributed by atoms with Gasteiger partial charge >= 0.3 is 0 Å². The fourth-order valence-electron chi connectivity index (χ4n) is 3.47. The van der Waals surface area contributed by atoms with Crippen molar-refractivity contribution in [3.63, 3.8) is 0 Å². The van der Waals surface area contributed by atoms with E-state index in [9.17, 15) is 9.90 Å². The molecule has 3 rings (SSSR count). The Morgan fingerprint density at radius 3 is 2.71 bits per heavy atom. The maximum atomic E-state index is 12.6. The van der Waals surface area contributed by atoms with Crippen molar-refractivity contribution >= 4 is 18.3 Å². The summed E-state index contributed by atoms with van der Waals surface area (Å²) in [4.78, 5) is 14.5. The molecule has 4 nitrogen and oxygen atoms in total. The first-order valence-corrected chi connectivity index (χ1v) is 7.39. The van der Waals surface area contributed by atoms with E-state index in [1.807, 2.05) is 17.9 Å². The normalized spacial score (nSPS) is 20.3. The monoisotopic (exact) mass is 310 g/mol. The highest BCUT2D eigenvalue weighted by Crippen LogP contribution is 2.39. The minimum atomic E-state index is -0.0263. The van der Waals surface area contributed by atoms with E-state index < -0.39 is 0 Å². The molecule has 1 amide bonds. The third-order valence-corrected chi connectivity index (χ3v) is 4.77. The summed E-state index contributed by atoms with van der Waals surface area (Å²) in [5, 5.41) is 13.3. The maximum Gasteiger partial charge on any atom is 0.257 e. The fraction of sp³-hybridized carbons (Fsp3) is 0.562. The van der Waals surface area contributed by atoms with Gasteiger partial charge in [0.1, 0.15) is 5.75 Å². The first-order chi connectivity index (χ1) is 9.60. The number of rotatable bonds is 1. The minimum Gasteiger partial charge on any atom is -0.507 e. The Morgan fingerprint density at radius 1 is 1.29 bits per heavy atom. The van der Waals surface area contributed by atoms with Crippen molar-refractivity contribution in [1.29, 1.82) is 0 Å². The Balaban J connectivity index is 0.00000161. The number of amides is 1. The van der Waals surface area contributed by atoms with E-state index in [4.69, 9.17) is 0 Å². The number of hydrogen-bond donors (Lipinski definition) is 2. The second-order valence-corrected chi connectivity index (χ2v) is 6.25. The zero-order valence-electron chi connectivity index (χ0n) is 12.4. The summed E-state index contributed by atoms with van der Waals surface area (Å²) >= 11 is 0. The van der Waals surface area contributed by atoms with Crippen LogP contribution in [-0.2, 0) is 0 Å². The fourth-order valence-corrected chi connectivity index (χ4v) is 3.47. The molecule has 0 unspecified atom stereocenters. The van der Waals surface area contributed by atoms with Crippen molar-refractivity contribution in [1.82, 2.24) is 10.2 Å². The number of hydrogen-bond acceptors (Lipinski definition) is 3. The van der Waals surface area contributed by atoms with Crippen LogP contribution in [0, 0.1) is 12.3 Å². The van der Waals surface area contributed by atoms with Crippen LogP contribution in [0.3, 0.4) is 0 Å². The number of phenolic OH excluding ortho intramolecular Hbond substituents is 1. The van der Waals surface area contributed by atoms with Gasteiger partial charge in [-0.3, -0.25) is 4.79 Å². The van der Waals surface area contributed by atoms with Crippen LogP contribution in [0.25, 0.3) is 0 Å². The third-order valence-electron chi connectivity index (χ3n) is 4.77. The predicted molar refractivity (Wildman–Crippen MR) is 85.1 cm³/mol. The molecule has 5 heteroatoms. The van der Waals surface area contributed by atoms with E-state index >= 15 is 0 Å². The number of halogens is 1. The topological polar surface area (TPSA) is 52.6 Å². The number of carbonyl (C=O) groups is 1. The molecule has 1 aromatic rings. The number of phenols is 1. The number of aryl methyl sites for hydroxylation is 1. The Hall–Kier alpha value is -1.26. The van der Waals surface area contributed by atoms with Crippen LogP contribution in [0.2, 0.25) is 0 Å². The highest BCUT2D eigenvalue weighted by atomic mass is 35.5. The van der Waals surface area contributed by atoms with Gasteiger partial charge in [0.15, 0.2) is 0 Å². The van der Waals surface area contributed by atoms with E-state index in [-0.39, 0.29) is 24.1 Å². The third kappa shape index (κ3) is 3.16. The Labute approximate surface area is 131 Å². The highest BCUT2D eigenvalue weighted by Gasteiger charge is 2.40. The quantitative estimate of drug-likeness (QED) is 0.837. The average Bonchev–Trinajstić information content (AvgIpc) is 2.85. The van der Waals surface area contributed by atoms with E-state index in [0.29, 0.717) is 11.0 Å². The molecule has 2 aliphatic rings. The highest BCUT2D eigenvalue weighted by molar-refractivity contribution is 5.97. The summed E-state index contributed by atoms with van der Waals surface area (Å²) in [5.41, 5.74) is 1.75. The number of likely N-dealkylation sites (tertiary alicyclic amines) is 1. The second kappa shape index (κ2) is 6.24. The molecule has 0 bridgehead atoms. The van der Waals surface area contributed by atoms with Crippen LogP contribution in [0.5, 0.6) is 5.75 Å². The van der Waals surface area contributed by atoms with Crippen LogP contribution >= 0.6 is 12.4 Å². The lowest BCUT2D eigenvalue weighted by molar-refractivity contribution is 0.0758. The van der Waals surface area contributed by atoms with Gasteiger partial charge in [-0.1, -0.05) is 11.6 Å². The number of aromatic hydroxyl groups is 1. The molecule has 0 atom stereocenters. The molecule has 2 heterocycles. The Kier molecular flexibility index (Phi) is 4.79. The van der Waals surface area contributed by atoms with Crippen molar-refractivity contribution in [3.05, 3.63) is 29.3 Å². The van der Waals surface area contributed by atoms with Gasteiger partial charge in [-0.25, -0.2) is 0 Å². The van der Waals surface area contributed by atoms with Crippen molar-refractivity contribution in [2.75, 3.05) is 26.2 Å². The molecule has 1 spiro atoms. The predicted octanol–water partition coefficient (Wildman–Crippen LogP) is 2.34. The van der Waals surface area contributed by atoms with Crippen LogP contribution in [-0.4, -0.2) is 42.1 Å². The number of nitrogens with zero attached hydrogens (tertiary/aromatic N) is 1. The summed E-state index contributed by atoms with van der Waals surface area (Å²) in [6.45, 7) is 5.69. The van der Waals surface area contributed by atoms with Crippen LogP contribution < -0.4 is 5.32 Å². The average molecular weight is 311 g/mol. The van der Waals surface area contributed by atoms with Crippen molar-refractivity contribution in [2.24, 2.45) is 5.41 Å². The largest absolute Gasteiger partial charge is 0.507 e. The molecule has 0 radical (unpaired) electrons. The smallest absolute Gasteiger partial charge is 0.257 e. The number of nitrogens with one attached hydrogen (secondary N) is 1. The first kappa shape index (κ1) is 16.1. The van der Waals surface area contributed by atoms with E-state index in [1.165, 1.54) is 0 Å². The minimum absolute atomic E-state index is 0. The molecule has 2 saturated heterocycles. The number of benzene rings is 1. The van der Waals surface area contributed by atoms with Gasteiger partial charge in [-0.2, -0.15) is 0 Å². The molecule has 21 heavy (non-hydrogen) atoms. The molecule has 0 aliphatic carbocycles. The maximum absolute atomic E-state index is 12.6. The van der Waals surface area contributed by atoms with Crippen LogP contribution in [0.1, 0.15) is 35.2 Å². The SMILES string of the molecule is Cc1ccc(O)c(C(=O)N2CCC3(CCNCC3)C2)c1.Cl. The first-order valence-electron chi connectivity index (χ1n) is 7.39. The van der Waals surface area contributed by atoms with Crippen LogP contribution in [0.4, 0.5) is 0 Å². The van der Waals surface area contributed by atoms with Gasteiger partial charge in [-0.05, 0) is 56.8 Å².